The maximum atomic E-state index is 14.1. The number of fused-ring (bicyclic) bond motifs is 2. The average Bonchev–Trinajstić information content (AvgIpc) is 3.60. The molecule has 3 aromatic carbocycles. The maximum Gasteiger partial charge on any atom is 0.330 e. The molecule has 0 radical (unpaired) electrons. The molecule has 1 atom stereocenters. The molecule has 5 aromatic rings. The number of aromatic nitrogens is 3. The van der Waals surface area contributed by atoms with Crippen LogP contribution in [-0.4, -0.2) is 52.1 Å². The van der Waals surface area contributed by atoms with E-state index in [2.05, 4.69) is 5.10 Å². The summed E-state index contributed by atoms with van der Waals surface area (Å²) in [4.78, 5) is 35.6. The molecule has 2 aromatic heterocycles. The van der Waals surface area contributed by atoms with Gasteiger partial charge < -0.3 is 9.47 Å². The van der Waals surface area contributed by atoms with Crippen molar-refractivity contribution in [2.45, 2.75) is 66.6 Å². The highest BCUT2D eigenvalue weighted by Gasteiger charge is 2.33. The molecule has 0 saturated carbocycles. The van der Waals surface area contributed by atoms with E-state index in [0.717, 1.165) is 55.5 Å². The predicted octanol–water partition coefficient (Wildman–Crippen LogP) is 9.09. The van der Waals surface area contributed by atoms with E-state index in [9.17, 15) is 9.59 Å². The summed E-state index contributed by atoms with van der Waals surface area (Å²) in [7, 11) is 1.91. The largest absolute Gasteiger partial charge is 0.462 e. The lowest BCUT2D eigenvalue weighted by atomic mass is 9.91. The standard InChI is InChI=1S/C37H42ClN5O4S/c1-22-18-27-32(48-34(40-27)43-17-9-16-42(35(43)45)26-14-15-28-24(19-26)20-39-41(28)8)31(23-10-12-25(38)13-11-23)30(22)29(47-37(5,6)7)21-46-33(44)36(2,3)4/h10-15,18-20,29H,9,16-17,21H2,1-8H3. The quantitative estimate of drug-likeness (QED) is 0.159. The summed E-state index contributed by atoms with van der Waals surface area (Å²) in [5.74, 6) is -0.298. The molecule has 48 heavy (non-hydrogen) atoms. The van der Waals surface area contributed by atoms with Crippen molar-refractivity contribution >= 4 is 66.9 Å². The molecule has 6 rings (SSSR count). The molecule has 0 spiro atoms. The van der Waals surface area contributed by atoms with Crippen LogP contribution in [0.2, 0.25) is 5.02 Å². The summed E-state index contributed by atoms with van der Waals surface area (Å²) in [6, 6.07) is 15.6. The Hall–Kier alpha value is -3.99. The number of carbonyl (C=O) groups excluding carboxylic acids is 2. The van der Waals surface area contributed by atoms with Gasteiger partial charge in [-0.25, -0.2) is 9.78 Å². The van der Waals surface area contributed by atoms with Gasteiger partial charge in [0.25, 0.3) is 0 Å². The second kappa shape index (κ2) is 12.8. The zero-order chi connectivity index (χ0) is 34.5. The van der Waals surface area contributed by atoms with Crippen molar-refractivity contribution in [2.24, 2.45) is 12.5 Å². The second-order valence-electron chi connectivity index (χ2n) is 14.4. The fraction of sp³-hybridized carbons (Fsp3) is 0.405. The Bertz CT molecular complexity index is 2000. The molecule has 1 saturated heterocycles. The van der Waals surface area contributed by atoms with Crippen molar-refractivity contribution in [3.8, 4) is 11.1 Å². The maximum absolute atomic E-state index is 14.1. The predicted molar refractivity (Wildman–Crippen MR) is 194 cm³/mol. The molecule has 0 N–H and O–H groups in total. The van der Waals surface area contributed by atoms with E-state index in [-0.39, 0.29) is 18.6 Å². The summed E-state index contributed by atoms with van der Waals surface area (Å²) in [5, 5.41) is 6.59. The number of esters is 1. The Morgan fingerprint density at radius 3 is 2.42 bits per heavy atom. The number of rotatable bonds is 7. The van der Waals surface area contributed by atoms with Gasteiger partial charge in [0.05, 0.1) is 32.9 Å². The molecule has 1 fully saturated rings. The van der Waals surface area contributed by atoms with E-state index in [0.29, 0.717) is 23.2 Å². The van der Waals surface area contributed by atoms with Crippen LogP contribution in [0.25, 0.3) is 32.2 Å². The number of urea groups is 1. The molecule has 1 aliphatic rings. The summed E-state index contributed by atoms with van der Waals surface area (Å²) >= 11 is 7.82. The number of hydrogen-bond acceptors (Lipinski definition) is 7. The number of anilines is 2. The monoisotopic (exact) mass is 687 g/mol. The van der Waals surface area contributed by atoms with Crippen molar-refractivity contribution in [2.75, 3.05) is 29.5 Å². The summed E-state index contributed by atoms with van der Waals surface area (Å²) in [6.07, 6.45) is 2.05. The molecule has 0 aliphatic carbocycles. The van der Waals surface area contributed by atoms with E-state index in [4.69, 9.17) is 26.1 Å². The first-order chi connectivity index (χ1) is 22.6. The molecule has 0 bridgehead atoms. The van der Waals surface area contributed by atoms with E-state index in [1.54, 1.807) is 4.90 Å². The highest BCUT2D eigenvalue weighted by Crippen LogP contribution is 2.45. The summed E-state index contributed by atoms with van der Waals surface area (Å²) in [5.41, 5.74) is 5.15. The van der Waals surface area contributed by atoms with Crippen LogP contribution >= 0.6 is 22.9 Å². The molecule has 11 heteroatoms. The van der Waals surface area contributed by atoms with Crippen molar-refractivity contribution < 1.29 is 19.1 Å². The lowest BCUT2D eigenvalue weighted by Gasteiger charge is -2.34. The molecular formula is C37H42ClN5O4S. The average molecular weight is 688 g/mol. The van der Waals surface area contributed by atoms with Crippen LogP contribution in [0.5, 0.6) is 0 Å². The minimum atomic E-state index is -0.657. The Morgan fingerprint density at radius 1 is 1.02 bits per heavy atom. The third kappa shape index (κ3) is 6.79. The van der Waals surface area contributed by atoms with Gasteiger partial charge in [-0.05, 0) is 108 Å². The van der Waals surface area contributed by atoms with Crippen LogP contribution in [0, 0.1) is 12.3 Å². The highest BCUT2D eigenvalue weighted by atomic mass is 35.5. The minimum Gasteiger partial charge on any atom is -0.462 e. The smallest absolute Gasteiger partial charge is 0.330 e. The number of hydrogen-bond donors (Lipinski definition) is 0. The Balaban J connectivity index is 1.45. The number of nitrogens with zero attached hydrogens (tertiary/aromatic N) is 5. The van der Waals surface area contributed by atoms with Crippen molar-refractivity contribution in [1.82, 2.24) is 14.8 Å². The Morgan fingerprint density at radius 2 is 1.73 bits per heavy atom. The van der Waals surface area contributed by atoms with Gasteiger partial charge >= 0.3 is 12.0 Å². The Labute approximate surface area is 290 Å². The van der Waals surface area contributed by atoms with Gasteiger partial charge in [-0.15, -0.1) is 0 Å². The van der Waals surface area contributed by atoms with Gasteiger partial charge in [0.2, 0.25) is 0 Å². The highest BCUT2D eigenvalue weighted by molar-refractivity contribution is 7.23. The lowest BCUT2D eigenvalue weighted by molar-refractivity contribution is -0.162. The van der Waals surface area contributed by atoms with Crippen LogP contribution in [-0.2, 0) is 21.3 Å². The first-order valence-corrected chi connectivity index (χ1v) is 17.4. The summed E-state index contributed by atoms with van der Waals surface area (Å²) < 4.78 is 15.3. The van der Waals surface area contributed by atoms with Gasteiger partial charge in [0.1, 0.15) is 12.7 Å². The third-order valence-electron chi connectivity index (χ3n) is 8.34. The van der Waals surface area contributed by atoms with Crippen LogP contribution in [0.1, 0.15) is 65.2 Å². The van der Waals surface area contributed by atoms with E-state index in [1.807, 2.05) is 120 Å². The van der Waals surface area contributed by atoms with Gasteiger partial charge in [0, 0.05) is 41.8 Å². The SMILES string of the molecule is Cc1cc2nc(N3CCCN(c4ccc5c(cnn5C)c4)C3=O)sc2c(-c2ccc(Cl)cc2)c1C(COC(=O)C(C)(C)C)OC(C)(C)C. The fourth-order valence-electron chi connectivity index (χ4n) is 6.06. The first-order valence-electron chi connectivity index (χ1n) is 16.2. The number of halogens is 1. The molecule has 1 aliphatic heterocycles. The van der Waals surface area contributed by atoms with Gasteiger partial charge in [-0.3, -0.25) is 19.3 Å². The minimum absolute atomic E-state index is 0.0484. The third-order valence-corrected chi connectivity index (χ3v) is 9.71. The number of ether oxygens (including phenoxy) is 2. The molecule has 9 nitrogen and oxygen atoms in total. The van der Waals surface area contributed by atoms with E-state index >= 15 is 0 Å². The van der Waals surface area contributed by atoms with Crippen molar-refractivity contribution in [3.63, 3.8) is 0 Å². The second-order valence-corrected chi connectivity index (χ2v) is 15.8. The van der Waals surface area contributed by atoms with Crippen LogP contribution in [0.4, 0.5) is 15.6 Å². The van der Waals surface area contributed by atoms with Crippen LogP contribution in [0.15, 0.2) is 54.7 Å². The van der Waals surface area contributed by atoms with Crippen molar-refractivity contribution in [1.29, 1.82) is 0 Å². The molecule has 3 heterocycles. The Kier molecular flexibility index (Phi) is 9.04. The fourth-order valence-corrected chi connectivity index (χ4v) is 7.33. The van der Waals surface area contributed by atoms with Gasteiger partial charge in [-0.2, -0.15) is 5.10 Å². The van der Waals surface area contributed by atoms with Crippen molar-refractivity contribution in [3.05, 3.63) is 70.9 Å². The first kappa shape index (κ1) is 33.9. The van der Waals surface area contributed by atoms with E-state index in [1.165, 1.54) is 11.3 Å². The zero-order valence-electron chi connectivity index (χ0n) is 28.8. The molecular weight excluding hydrogens is 646 g/mol. The number of benzene rings is 3. The lowest BCUT2D eigenvalue weighted by Crippen LogP contribution is -2.49. The number of carbonyl (C=O) groups is 2. The summed E-state index contributed by atoms with van der Waals surface area (Å²) in [6.45, 7) is 14.7. The number of thiazole rings is 1. The number of aryl methyl sites for hydroxylation is 2. The zero-order valence-corrected chi connectivity index (χ0v) is 30.3. The number of amides is 2. The van der Waals surface area contributed by atoms with Gasteiger partial charge in [-0.1, -0.05) is 35.1 Å². The molecule has 252 valence electrons. The van der Waals surface area contributed by atoms with E-state index < -0.39 is 17.1 Å². The molecule has 2 amide bonds. The molecule has 1 unspecified atom stereocenters. The van der Waals surface area contributed by atoms with Gasteiger partial charge in [0.15, 0.2) is 5.13 Å². The van der Waals surface area contributed by atoms with Crippen LogP contribution in [0.3, 0.4) is 0 Å². The topological polar surface area (TPSA) is 89.8 Å². The van der Waals surface area contributed by atoms with Crippen LogP contribution < -0.4 is 9.80 Å². The normalized spacial score (nSPS) is 15.1.